The molecular weight excluding hydrogens is 329 g/mol. The van der Waals surface area contributed by atoms with Crippen LogP contribution in [0.5, 0.6) is 0 Å². The third-order valence-electron chi connectivity index (χ3n) is 3.17. The van der Waals surface area contributed by atoms with E-state index in [1.807, 2.05) is 5.32 Å². The number of urea groups is 1. The Hall–Kier alpha value is -3.42. The molecule has 25 heavy (non-hydrogen) atoms. The number of rotatable bonds is 5. The molecular formula is C17H16FN3O4. The van der Waals surface area contributed by atoms with Crippen molar-refractivity contribution in [1.82, 2.24) is 5.32 Å². The minimum atomic E-state index is -1.21. The number of primary amides is 1. The second kappa shape index (κ2) is 7.91. The van der Waals surface area contributed by atoms with Gasteiger partial charge in [-0.3, -0.25) is 10.1 Å². The molecule has 4 N–H and O–H groups in total. The molecule has 0 aromatic heterocycles. The summed E-state index contributed by atoms with van der Waals surface area (Å²) in [6, 6.07) is 11.0. The molecule has 0 aliphatic heterocycles. The van der Waals surface area contributed by atoms with Crippen LogP contribution in [0.25, 0.3) is 0 Å². The summed E-state index contributed by atoms with van der Waals surface area (Å²) >= 11 is 0. The summed E-state index contributed by atoms with van der Waals surface area (Å²) in [6.07, 6.45) is -1.21. The summed E-state index contributed by atoms with van der Waals surface area (Å²) in [5, 5.41) is 4.80. The van der Waals surface area contributed by atoms with E-state index in [9.17, 15) is 18.8 Å². The van der Waals surface area contributed by atoms with Gasteiger partial charge in [-0.15, -0.1) is 0 Å². The highest BCUT2D eigenvalue weighted by atomic mass is 19.1. The van der Waals surface area contributed by atoms with Gasteiger partial charge in [0.25, 0.3) is 5.91 Å². The Bertz CT molecular complexity index is 793. The smallest absolute Gasteiger partial charge is 0.341 e. The quantitative estimate of drug-likeness (QED) is 0.720. The first-order chi connectivity index (χ1) is 11.9. The number of anilines is 2. The number of carbonyl (C=O) groups is 3. The standard InChI is InChI=1S/C17H16FN3O4/c1-10(15(22)21-17(19)24)25-16(23)13-4-2-3-5-14(13)20-12-8-6-11(18)7-9-12/h2-10,20H,1H3,(H3,19,21,22,24). The number of halogens is 1. The fraction of sp³-hybridized carbons (Fsp3) is 0.118. The predicted octanol–water partition coefficient (Wildman–Crippen LogP) is 2.31. The number of nitrogens with two attached hydrogens (primary N) is 1. The maximum absolute atomic E-state index is 13.0. The van der Waals surface area contributed by atoms with Crippen LogP contribution in [0.15, 0.2) is 48.5 Å². The van der Waals surface area contributed by atoms with Gasteiger partial charge in [-0.05, 0) is 43.3 Å². The molecule has 8 heteroatoms. The van der Waals surface area contributed by atoms with E-state index in [2.05, 4.69) is 5.32 Å². The number of hydrogen-bond acceptors (Lipinski definition) is 5. The number of ether oxygens (including phenoxy) is 1. The van der Waals surface area contributed by atoms with Crippen LogP contribution in [0, 0.1) is 5.82 Å². The zero-order valence-corrected chi connectivity index (χ0v) is 13.3. The highest BCUT2D eigenvalue weighted by molar-refractivity contribution is 6.00. The second-order valence-corrected chi connectivity index (χ2v) is 5.08. The Morgan fingerprint density at radius 1 is 1.08 bits per heavy atom. The molecule has 0 saturated carbocycles. The molecule has 0 fully saturated rings. The van der Waals surface area contributed by atoms with Gasteiger partial charge in [0.1, 0.15) is 5.82 Å². The Labute approximate surface area is 143 Å². The van der Waals surface area contributed by atoms with Gasteiger partial charge < -0.3 is 15.8 Å². The van der Waals surface area contributed by atoms with E-state index < -0.39 is 24.0 Å². The van der Waals surface area contributed by atoms with Gasteiger partial charge in [0.15, 0.2) is 6.10 Å². The molecule has 3 amide bonds. The zero-order valence-electron chi connectivity index (χ0n) is 13.3. The minimum absolute atomic E-state index is 0.172. The fourth-order valence-corrected chi connectivity index (χ4v) is 1.96. The summed E-state index contributed by atoms with van der Waals surface area (Å²) in [7, 11) is 0. The molecule has 0 radical (unpaired) electrons. The summed E-state index contributed by atoms with van der Waals surface area (Å²) in [6.45, 7) is 1.31. The summed E-state index contributed by atoms with van der Waals surface area (Å²) < 4.78 is 18.0. The van der Waals surface area contributed by atoms with Crippen molar-refractivity contribution in [2.24, 2.45) is 5.73 Å². The van der Waals surface area contributed by atoms with Gasteiger partial charge in [0, 0.05) is 5.69 Å². The molecule has 130 valence electrons. The summed E-state index contributed by atoms with van der Waals surface area (Å²) in [5.41, 5.74) is 6.01. The first-order valence-electron chi connectivity index (χ1n) is 7.29. The highest BCUT2D eigenvalue weighted by Gasteiger charge is 2.21. The van der Waals surface area contributed by atoms with Crippen molar-refractivity contribution in [3.05, 3.63) is 59.9 Å². The molecule has 2 rings (SSSR count). The molecule has 0 bridgehead atoms. The Balaban J connectivity index is 2.13. The van der Waals surface area contributed by atoms with E-state index in [0.717, 1.165) is 0 Å². The molecule has 1 unspecified atom stereocenters. The van der Waals surface area contributed by atoms with Crippen LogP contribution in [-0.4, -0.2) is 24.0 Å². The van der Waals surface area contributed by atoms with E-state index in [1.54, 1.807) is 18.2 Å². The van der Waals surface area contributed by atoms with Gasteiger partial charge in [-0.25, -0.2) is 14.0 Å². The van der Waals surface area contributed by atoms with E-state index in [1.165, 1.54) is 37.3 Å². The minimum Gasteiger partial charge on any atom is -0.449 e. The molecule has 0 aliphatic rings. The molecule has 2 aromatic rings. The highest BCUT2D eigenvalue weighted by Crippen LogP contribution is 2.22. The van der Waals surface area contributed by atoms with Gasteiger partial charge in [0.05, 0.1) is 11.3 Å². The first kappa shape index (κ1) is 17.9. The maximum atomic E-state index is 13.0. The predicted molar refractivity (Wildman–Crippen MR) is 88.7 cm³/mol. The molecule has 2 aromatic carbocycles. The number of nitrogens with one attached hydrogen (secondary N) is 2. The molecule has 0 spiro atoms. The lowest BCUT2D eigenvalue weighted by molar-refractivity contribution is -0.127. The number of imide groups is 1. The second-order valence-electron chi connectivity index (χ2n) is 5.08. The summed E-state index contributed by atoms with van der Waals surface area (Å²) in [4.78, 5) is 34.5. The van der Waals surface area contributed by atoms with Crippen molar-refractivity contribution in [2.75, 3.05) is 5.32 Å². The number of para-hydroxylation sites is 1. The van der Waals surface area contributed by atoms with Crippen molar-refractivity contribution in [3.63, 3.8) is 0 Å². The van der Waals surface area contributed by atoms with Crippen molar-refractivity contribution in [3.8, 4) is 0 Å². The topological polar surface area (TPSA) is 111 Å². The summed E-state index contributed by atoms with van der Waals surface area (Å²) in [5.74, 6) is -1.98. The third kappa shape index (κ3) is 5.03. The lowest BCUT2D eigenvalue weighted by Crippen LogP contribution is -2.42. The zero-order chi connectivity index (χ0) is 18.4. The van der Waals surface area contributed by atoms with Crippen LogP contribution in [-0.2, 0) is 9.53 Å². The van der Waals surface area contributed by atoms with E-state index in [0.29, 0.717) is 11.4 Å². The molecule has 0 heterocycles. The van der Waals surface area contributed by atoms with Crippen LogP contribution >= 0.6 is 0 Å². The largest absolute Gasteiger partial charge is 0.449 e. The van der Waals surface area contributed by atoms with E-state index in [4.69, 9.17) is 10.5 Å². The molecule has 7 nitrogen and oxygen atoms in total. The van der Waals surface area contributed by atoms with Gasteiger partial charge in [0.2, 0.25) is 0 Å². The van der Waals surface area contributed by atoms with Crippen molar-refractivity contribution < 1.29 is 23.5 Å². The molecule has 0 aliphatic carbocycles. The van der Waals surface area contributed by atoms with E-state index in [-0.39, 0.29) is 11.4 Å². The number of amides is 3. The maximum Gasteiger partial charge on any atom is 0.341 e. The average molecular weight is 345 g/mol. The third-order valence-corrected chi connectivity index (χ3v) is 3.17. The number of carbonyl (C=O) groups excluding carboxylic acids is 3. The Kier molecular flexibility index (Phi) is 5.67. The fourth-order valence-electron chi connectivity index (χ4n) is 1.96. The van der Waals surface area contributed by atoms with Crippen LogP contribution in [0.1, 0.15) is 17.3 Å². The number of benzene rings is 2. The first-order valence-corrected chi connectivity index (χ1v) is 7.29. The van der Waals surface area contributed by atoms with Crippen molar-refractivity contribution in [1.29, 1.82) is 0 Å². The Morgan fingerprint density at radius 2 is 1.72 bits per heavy atom. The molecule has 1 atom stereocenters. The van der Waals surface area contributed by atoms with Crippen LogP contribution in [0.3, 0.4) is 0 Å². The van der Waals surface area contributed by atoms with Crippen molar-refractivity contribution in [2.45, 2.75) is 13.0 Å². The lowest BCUT2D eigenvalue weighted by atomic mass is 10.1. The van der Waals surface area contributed by atoms with Crippen LogP contribution < -0.4 is 16.4 Å². The van der Waals surface area contributed by atoms with Crippen molar-refractivity contribution >= 4 is 29.3 Å². The molecule has 0 saturated heterocycles. The van der Waals surface area contributed by atoms with E-state index >= 15 is 0 Å². The van der Waals surface area contributed by atoms with Gasteiger partial charge in [-0.2, -0.15) is 0 Å². The number of esters is 1. The normalized spacial score (nSPS) is 11.3. The SMILES string of the molecule is CC(OC(=O)c1ccccc1Nc1ccc(F)cc1)C(=O)NC(N)=O. The van der Waals surface area contributed by atoms with Crippen LogP contribution in [0.4, 0.5) is 20.6 Å². The number of hydrogen-bond donors (Lipinski definition) is 3. The monoisotopic (exact) mass is 345 g/mol. The average Bonchev–Trinajstić information content (AvgIpc) is 2.56. The van der Waals surface area contributed by atoms with Gasteiger partial charge >= 0.3 is 12.0 Å². The van der Waals surface area contributed by atoms with Gasteiger partial charge in [-0.1, -0.05) is 12.1 Å². The lowest BCUT2D eigenvalue weighted by Gasteiger charge is -2.15. The van der Waals surface area contributed by atoms with Crippen LogP contribution in [0.2, 0.25) is 0 Å². The Morgan fingerprint density at radius 3 is 2.36 bits per heavy atom.